The summed E-state index contributed by atoms with van der Waals surface area (Å²) in [6.07, 6.45) is 1.46. The number of nitrogens with two attached hydrogens (primary N) is 1. The van der Waals surface area contributed by atoms with E-state index >= 15 is 0 Å². The van der Waals surface area contributed by atoms with E-state index < -0.39 is 27.1 Å². The summed E-state index contributed by atoms with van der Waals surface area (Å²) in [5.41, 5.74) is 5.80. The minimum atomic E-state index is -3.28. The zero-order valence-corrected chi connectivity index (χ0v) is 14.4. The molecule has 8 nitrogen and oxygen atoms in total. The number of hydrogen-bond donors (Lipinski definition) is 2. The third-order valence-corrected chi connectivity index (χ3v) is 5.42. The van der Waals surface area contributed by atoms with Crippen LogP contribution in [0, 0.1) is 0 Å². The lowest BCUT2D eigenvalue weighted by Gasteiger charge is -2.18. The molecule has 0 bridgehead atoms. The number of sulfone groups is 1. The fourth-order valence-electron chi connectivity index (χ4n) is 2.69. The Kier molecular flexibility index (Phi) is 4.25. The summed E-state index contributed by atoms with van der Waals surface area (Å²) >= 11 is 0. The van der Waals surface area contributed by atoms with Crippen LogP contribution >= 0.6 is 0 Å². The Morgan fingerprint density at radius 2 is 1.92 bits per heavy atom. The van der Waals surface area contributed by atoms with Crippen molar-refractivity contribution in [3.8, 4) is 0 Å². The lowest BCUT2D eigenvalue weighted by Crippen LogP contribution is -2.42. The molecule has 1 atom stereocenters. The van der Waals surface area contributed by atoms with E-state index in [2.05, 4.69) is 5.32 Å². The highest BCUT2D eigenvalue weighted by Crippen LogP contribution is 2.17. The molecule has 25 heavy (non-hydrogen) atoms. The Balaban J connectivity index is 2.03. The van der Waals surface area contributed by atoms with Crippen molar-refractivity contribution >= 4 is 21.3 Å². The molecule has 1 aromatic heterocycles. The molecular weight excluding hydrogens is 344 g/mol. The minimum absolute atomic E-state index is 0.0183. The lowest BCUT2D eigenvalue weighted by molar-refractivity contribution is 0.605. The highest BCUT2D eigenvalue weighted by Gasteiger charge is 2.24. The molecule has 0 radical (unpaired) electrons. The first-order valence-electron chi connectivity index (χ1n) is 7.59. The Hall–Kier alpha value is -2.81. The van der Waals surface area contributed by atoms with E-state index in [1.165, 1.54) is 17.7 Å². The third-order valence-electron chi connectivity index (χ3n) is 4.03. The third kappa shape index (κ3) is 3.36. The van der Waals surface area contributed by atoms with Crippen molar-refractivity contribution in [2.24, 2.45) is 7.05 Å². The van der Waals surface area contributed by atoms with E-state index in [1.54, 1.807) is 0 Å². The van der Waals surface area contributed by atoms with Crippen LogP contribution in [0.2, 0.25) is 0 Å². The zero-order valence-electron chi connectivity index (χ0n) is 13.5. The minimum Gasteiger partial charge on any atom is -0.383 e. The highest BCUT2D eigenvalue weighted by molar-refractivity contribution is 7.94. The fraction of sp³-hybridized carbons (Fsp3) is 0.250. The maximum atomic E-state index is 12.4. The van der Waals surface area contributed by atoms with Crippen LogP contribution in [0.15, 0.2) is 51.4 Å². The van der Waals surface area contributed by atoms with E-state index in [0.717, 1.165) is 15.5 Å². The number of nitrogens with zero attached hydrogens (tertiary/aromatic N) is 2. The van der Waals surface area contributed by atoms with Crippen molar-refractivity contribution in [1.82, 2.24) is 9.13 Å². The zero-order chi connectivity index (χ0) is 18.2. The lowest BCUT2D eigenvalue weighted by atomic mass is 10.2. The second-order valence-electron chi connectivity index (χ2n) is 5.89. The molecule has 0 amide bonds. The van der Waals surface area contributed by atoms with Gasteiger partial charge in [0, 0.05) is 12.5 Å². The molecule has 1 aliphatic heterocycles. The first-order valence-corrected chi connectivity index (χ1v) is 9.31. The number of rotatable bonds is 4. The van der Waals surface area contributed by atoms with Gasteiger partial charge in [0.05, 0.1) is 18.3 Å². The number of aromatic nitrogens is 2. The smallest absolute Gasteiger partial charge is 0.332 e. The molecule has 3 rings (SSSR count). The summed E-state index contributed by atoms with van der Waals surface area (Å²) < 4.78 is 25.3. The van der Waals surface area contributed by atoms with Crippen molar-refractivity contribution < 1.29 is 8.42 Å². The molecule has 0 saturated carbocycles. The normalized spacial score (nSPS) is 18.4. The molecule has 2 aromatic rings. The predicted molar refractivity (Wildman–Crippen MR) is 96.2 cm³/mol. The Bertz CT molecular complexity index is 1050. The van der Waals surface area contributed by atoms with Gasteiger partial charge in [-0.15, -0.1) is 0 Å². The molecule has 132 valence electrons. The van der Waals surface area contributed by atoms with Gasteiger partial charge in [0.2, 0.25) is 0 Å². The van der Waals surface area contributed by atoms with E-state index in [9.17, 15) is 18.0 Å². The SMILES string of the molecule is Cn1c(=O)c(NC2C=CS(=O)(=O)C2)c(N)n(Cc2ccccc2)c1=O. The molecular formula is C16H18N4O4S. The van der Waals surface area contributed by atoms with Gasteiger partial charge in [0.15, 0.2) is 9.84 Å². The quantitative estimate of drug-likeness (QED) is 0.785. The van der Waals surface area contributed by atoms with Gasteiger partial charge in [-0.05, 0) is 5.56 Å². The summed E-state index contributed by atoms with van der Waals surface area (Å²) in [6.45, 7) is 0.201. The monoisotopic (exact) mass is 362 g/mol. The van der Waals surface area contributed by atoms with Crippen LogP contribution in [0.1, 0.15) is 5.56 Å². The maximum absolute atomic E-state index is 12.4. The van der Waals surface area contributed by atoms with Crippen LogP contribution in [0.25, 0.3) is 0 Å². The molecule has 9 heteroatoms. The van der Waals surface area contributed by atoms with Gasteiger partial charge in [-0.25, -0.2) is 13.2 Å². The molecule has 3 N–H and O–H groups in total. The first kappa shape index (κ1) is 17.0. The first-order chi connectivity index (χ1) is 11.8. The average molecular weight is 362 g/mol. The molecule has 0 fully saturated rings. The summed E-state index contributed by atoms with van der Waals surface area (Å²) in [7, 11) is -1.92. The van der Waals surface area contributed by atoms with Crippen LogP contribution < -0.4 is 22.3 Å². The van der Waals surface area contributed by atoms with Crippen molar-refractivity contribution in [3.63, 3.8) is 0 Å². The van der Waals surface area contributed by atoms with Gasteiger partial charge < -0.3 is 11.1 Å². The Morgan fingerprint density at radius 3 is 2.52 bits per heavy atom. The average Bonchev–Trinajstić information content (AvgIpc) is 2.93. The Labute approximate surface area is 144 Å². The van der Waals surface area contributed by atoms with E-state index in [4.69, 9.17) is 5.73 Å². The van der Waals surface area contributed by atoms with Gasteiger partial charge >= 0.3 is 5.69 Å². The van der Waals surface area contributed by atoms with Crippen LogP contribution in [0.3, 0.4) is 0 Å². The highest BCUT2D eigenvalue weighted by atomic mass is 32.2. The van der Waals surface area contributed by atoms with Crippen LogP contribution in [-0.2, 0) is 23.4 Å². The molecule has 1 aromatic carbocycles. The molecule has 1 unspecified atom stereocenters. The van der Waals surface area contributed by atoms with Crippen molar-refractivity contribution in [2.45, 2.75) is 12.6 Å². The molecule has 0 spiro atoms. The largest absolute Gasteiger partial charge is 0.383 e. The van der Waals surface area contributed by atoms with Crippen molar-refractivity contribution in [3.05, 3.63) is 68.2 Å². The van der Waals surface area contributed by atoms with E-state index in [0.29, 0.717) is 0 Å². The standard InChI is InChI=1S/C16H18N4O4S/c1-19-15(21)13(18-12-7-8-25(23,24)10-12)14(17)20(16(19)22)9-11-5-3-2-4-6-11/h2-8,12,18H,9-10,17H2,1H3. The summed E-state index contributed by atoms with van der Waals surface area (Å²) in [5, 5.41) is 3.95. The summed E-state index contributed by atoms with van der Waals surface area (Å²) in [4.78, 5) is 24.8. The van der Waals surface area contributed by atoms with E-state index in [-0.39, 0.29) is 23.8 Å². The van der Waals surface area contributed by atoms with Crippen LogP contribution in [-0.4, -0.2) is 29.3 Å². The molecule has 1 aliphatic rings. The number of nitrogens with one attached hydrogen (secondary N) is 1. The van der Waals surface area contributed by atoms with Gasteiger partial charge in [-0.2, -0.15) is 0 Å². The second-order valence-corrected chi connectivity index (χ2v) is 7.82. The van der Waals surface area contributed by atoms with Gasteiger partial charge in [-0.1, -0.05) is 36.4 Å². The fourth-order valence-corrected chi connectivity index (χ4v) is 3.92. The van der Waals surface area contributed by atoms with E-state index in [1.807, 2.05) is 30.3 Å². The summed E-state index contributed by atoms with van der Waals surface area (Å²) in [5.74, 6) is -0.178. The number of benzene rings is 1. The number of anilines is 2. The van der Waals surface area contributed by atoms with Crippen molar-refractivity contribution in [1.29, 1.82) is 0 Å². The van der Waals surface area contributed by atoms with Crippen LogP contribution in [0.5, 0.6) is 0 Å². The van der Waals surface area contributed by atoms with Gasteiger partial charge in [-0.3, -0.25) is 13.9 Å². The second kappa shape index (κ2) is 6.25. The molecule has 0 aliphatic carbocycles. The molecule has 0 saturated heterocycles. The topological polar surface area (TPSA) is 116 Å². The van der Waals surface area contributed by atoms with Crippen LogP contribution in [0.4, 0.5) is 11.5 Å². The van der Waals surface area contributed by atoms with Crippen molar-refractivity contribution in [2.75, 3.05) is 16.8 Å². The molecule has 2 heterocycles. The maximum Gasteiger partial charge on any atom is 0.332 e. The number of hydrogen-bond acceptors (Lipinski definition) is 6. The Morgan fingerprint density at radius 1 is 1.24 bits per heavy atom. The number of nitrogen functional groups attached to an aromatic ring is 1. The predicted octanol–water partition coefficient (Wildman–Crippen LogP) is -0.0999. The van der Waals surface area contributed by atoms with Gasteiger partial charge in [0.25, 0.3) is 5.56 Å². The van der Waals surface area contributed by atoms with Gasteiger partial charge in [0.1, 0.15) is 11.5 Å². The summed E-state index contributed by atoms with van der Waals surface area (Å²) in [6, 6.07) is 8.66.